The summed E-state index contributed by atoms with van der Waals surface area (Å²) in [6.07, 6.45) is 0. The van der Waals surface area contributed by atoms with Gasteiger partial charge in [0.1, 0.15) is 17.2 Å². The number of nitrogens with one attached hydrogen (secondary N) is 1. The summed E-state index contributed by atoms with van der Waals surface area (Å²) in [6.45, 7) is 2.61. The second-order valence-corrected chi connectivity index (χ2v) is 4.96. The summed E-state index contributed by atoms with van der Waals surface area (Å²) >= 11 is 0. The number of carbonyl (C=O) groups excluding carboxylic acids is 1. The molecule has 1 aromatic heterocycles. The highest BCUT2D eigenvalue weighted by molar-refractivity contribution is 5.92. The average Bonchev–Trinajstić information content (AvgIpc) is 2.56. The Hall–Kier alpha value is -2.25. The lowest BCUT2D eigenvalue weighted by atomic mass is 10.3. The Kier molecular flexibility index (Phi) is 5.46. The molecule has 0 aliphatic carbocycles. The number of benzene rings is 1. The SMILES string of the molecule is Cl.O=C(c1ccc(=O)n(-c2ccccc2F)n1)N1CCNCC1. The van der Waals surface area contributed by atoms with Crippen molar-refractivity contribution < 1.29 is 9.18 Å². The molecule has 0 unspecified atom stereocenters. The minimum atomic E-state index is -0.566. The third kappa shape index (κ3) is 3.57. The van der Waals surface area contributed by atoms with E-state index in [-0.39, 0.29) is 29.7 Å². The molecule has 8 heteroatoms. The molecule has 0 radical (unpaired) electrons. The zero-order valence-electron chi connectivity index (χ0n) is 12.2. The molecule has 2 heterocycles. The molecule has 1 aromatic carbocycles. The van der Waals surface area contributed by atoms with Gasteiger partial charge >= 0.3 is 0 Å². The van der Waals surface area contributed by atoms with Gasteiger partial charge in [0.25, 0.3) is 11.5 Å². The molecule has 23 heavy (non-hydrogen) atoms. The topological polar surface area (TPSA) is 67.2 Å². The van der Waals surface area contributed by atoms with E-state index in [2.05, 4.69) is 10.4 Å². The first kappa shape index (κ1) is 17.1. The van der Waals surface area contributed by atoms with Crippen LogP contribution in [-0.2, 0) is 0 Å². The van der Waals surface area contributed by atoms with E-state index in [9.17, 15) is 14.0 Å². The van der Waals surface area contributed by atoms with Crippen molar-refractivity contribution in [1.29, 1.82) is 0 Å². The van der Waals surface area contributed by atoms with E-state index in [4.69, 9.17) is 0 Å². The molecule has 0 bridgehead atoms. The molecule has 2 aromatic rings. The van der Waals surface area contributed by atoms with Gasteiger partial charge in [0.15, 0.2) is 0 Å². The fourth-order valence-corrected chi connectivity index (χ4v) is 2.35. The van der Waals surface area contributed by atoms with Gasteiger partial charge in [-0.2, -0.15) is 9.78 Å². The molecule has 0 spiro atoms. The van der Waals surface area contributed by atoms with E-state index < -0.39 is 11.4 Å². The number of para-hydroxylation sites is 1. The van der Waals surface area contributed by atoms with Gasteiger partial charge in [-0.1, -0.05) is 12.1 Å². The Balaban J connectivity index is 0.00000192. The second kappa shape index (κ2) is 7.34. The van der Waals surface area contributed by atoms with Crippen LogP contribution in [0.1, 0.15) is 10.5 Å². The van der Waals surface area contributed by atoms with Gasteiger partial charge in [0, 0.05) is 32.2 Å². The Morgan fingerprint density at radius 3 is 2.52 bits per heavy atom. The molecule has 122 valence electrons. The summed E-state index contributed by atoms with van der Waals surface area (Å²) in [7, 11) is 0. The van der Waals surface area contributed by atoms with E-state index >= 15 is 0 Å². The van der Waals surface area contributed by atoms with Crippen molar-refractivity contribution >= 4 is 18.3 Å². The molecular weight excluding hydrogens is 323 g/mol. The van der Waals surface area contributed by atoms with Gasteiger partial charge in [-0.05, 0) is 18.2 Å². The highest BCUT2D eigenvalue weighted by Gasteiger charge is 2.20. The summed E-state index contributed by atoms with van der Waals surface area (Å²) in [4.78, 5) is 26.0. The molecular formula is C15H16ClFN4O2. The lowest BCUT2D eigenvalue weighted by molar-refractivity contribution is 0.0727. The molecule has 1 fully saturated rings. The number of halogens is 2. The first-order valence-corrected chi connectivity index (χ1v) is 7.02. The van der Waals surface area contributed by atoms with Crippen LogP contribution in [0.25, 0.3) is 5.69 Å². The smallest absolute Gasteiger partial charge is 0.274 e. The quantitative estimate of drug-likeness (QED) is 0.881. The van der Waals surface area contributed by atoms with Crippen LogP contribution in [0.15, 0.2) is 41.2 Å². The number of rotatable bonds is 2. The standard InChI is InChI=1S/C15H15FN4O2.ClH/c16-11-3-1-2-4-13(11)20-14(21)6-5-12(18-20)15(22)19-9-7-17-8-10-19;/h1-6,17H,7-10H2;1H. The van der Waals surface area contributed by atoms with Crippen molar-refractivity contribution in [3.8, 4) is 5.69 Å². The number of amides is 1. The molecule has 3 rings (SSSR count). The third-order valence-corrected chi connectivity index (χ3v) is 3.50. The van der Waals surface area contributed by atoms with Crippen LogP contribution in [-0.4, -0.2) is 46.8 Å². The number of nitrogens with zero attached hydrogens (tertiary/aromatic N) is 3. The normalized spacial score (nSPS) is 14.2. The predicted molar refractivity (Wildman–Crippen MR) is 85.8 cm³/mol. The van der Waals surface area contributed by atoms with E-state index in [0.717, 1.165) is 17.8 Å². The van der Waals surface area contributed by atoms with E-state index in [0.29, 0.717) is 13.1 Å². The Bertz CT molecular complexity index is 759. The van der Waals surface area contributed by atoms with Crippen molar-refractivity contribution in [3.63, 3.8) is 0 Å². The number of hydrogen-bond acceptors (Lipinski definition) is 4. The summed E-state index contributed by atoms with van der Waals surface area (Å²) in [5.74, 6) is -0.824. The Morgan fingerprint density at radius 2 is 1.83 bits per heavy atom. The molecule has 1 saturated heterocycles. The van der Waals surface area contributed by atoms with E-state index in [1.807, 2.05) is 0 Å². The minimum Gasteiger partial charge on any atom is -0.335 e. The number of hydrogen-bond donors (Lipinski definition) is 1. The van der Waals surface area contributed by atoms with E-state index in [1.165, 1.54) is 30.3 Å². The number of piperazine rings is 1. The monoisotopic (exact) mass is 338 g/mol. The Morgan fingerprint density at radius 1 is 1.13 bits per heavy atom. The number of aromatic nitrogens is 2. The molecule has 6 nitrogen and oxygen atoms in total. The molecule has 1 aliphatic heterocycles. The van der Waals surface area contributed by atoms with Crippen LogP contribution in [0.4, 0.5) is 4.39 Å². The van der Waals surface area contributed by atoms with Crippen LogP contribution in [0.5, 0.6) is 0 Å². The molecule has 0 saturated carbocycles. The van der Waals surface area contributed by atoms with Crippen molar-refractivity contribution in [2.75, 3.05) is 26.2 Å². The minimum absolute atomic E-state index is 0. The lowest BCUT2D eigenvalue weighted by Gasteiger charge is -2.27. The highest BCUT2D eigenvalue weighted by atomic mass is 35.5. The summed E-state index contributed by atoms with van der Waals surface area (Å²) in [6, 6.07) is 8.44. The fraction of sp³-hybridized carbons (Fsp3) is 0.267. The summed E-state index contributed by atoms with van der Waals surface area (Å²) < 4.78 is 14.8. The largest absolute Gasteiger partial charge is 0.335 e. The van der Waals surface area contributed by atoms with Crippen molar-refractivity contribution in [3.05, 3.63) is 58.3 Å². The summed E-state index contributed by atoms with van der Waals surface area (Å²) in [5.41, 5.74) is -0.325. The average molecular weight is 339 g/mol. The molecule has 1 aliphatic rings. The van der Waals surface area contributed by atoms with Crippen molar-refractivity contribution in [2.45, 2.75) is 0 Å². The highest BCUT2D eigenvalue weighted by Crippen LogP contribution is 2.10. The predicted octanol–water partition coefficient (Wildman–Crippen LogP) is 0.839. The van der Waals surface area contributed by atoms with Gasteiger partial charge in [-0.25, -0.2) is 4.39 Å². The van der Waals surface area contributed by atoms with Crippen LogP contribution < -0.4 is 10.9 Å². The maximum atomic E-state index is 13.8. The van der Waals surface area contributed by atoms with Crippen molar-refractivity contribution in [2.24, 2.45) is 0 Å². The van der Waals surface area contributed by atoms with Crippen LogP contribution in [0, 0.1) is 5.82 Å². The van der Waals surface area contributed by atoms with Crippen LogP contribution in [0.2, 0.25) is 0 Å². The fourth-order valence-electron chi connectivity index (χ4n) is 2.35. The zero-order valence-corrected chi connectivity index (χ0v) is 13.1. The van der Waals surface area contributed by atoms with Crippen molar-refractivity contribution in [1.82, 2.24) is 20.0 Å². The number of carbonyl (C=O) groups is 1. The van der Waals surface area contributed by atoms with Gasteiger partial charge in [0.05, 0.1) is 0 Å². The van der Waals surface area contributed by atoms with Gasteiger partial charge in [-0.15, -0.1) is 12.4 Å². The van der Waals surface area contributed by atoms with Gasteiger partial charge in [0.2, 0.25) is 0 Å². The second-order valence-electron chi connectivity index (χ2n) is 4.96. The molecule has 0 atom stereocenters. The maximum Gasteiger partial charge on any atom is 0.274 e. The zero-order chi connectivity index (χ0) is 15.5. The first-order valence-electron chi connectivity index (χ1n) is 7.02. The van der Waals surface area contributed by atoms with Gasteiger partial charge < -0.3 is 10.2 Å². The maximum absolute atomic E-state index is 13.8. The molecule has 1 N–H and O–H groups in total. The lowest BCUT2D eigenvalue weighted by Crippen LogP contribution is -2.47. The van der Waals surface area contributed by atoms with Crippen LogP contribution in [0.3, 0.4) is 0 Å². The summed E-state index contributed by atoms with van der Waals surface area (Å²) in [5, 5.41) is 7.19. The van der Waals surface area contributed by atoms with E-state index in [1.54, 1.807) is 11.0 Å². The van der Waals surface area contributed by atoms with Gasteiger partial charge in [-0.3, -0.25) is 9.59 Å². The Labute approximate surface area is 138 Å². The first-order chi connectivity index (χ1) is 10.7. The molecule has 1 amide bonds. The van der Waals surface area contributed by atoms with Crippen LogP contribution >= 0.6 is 12.4 Å². The third-order valence-electron chi connectivity index (χ3n) is 3.50.